The fourth-order valence-electron chi connectivity index (χ4n) is 0.591. The van der Waals surface area contributed by atoms with E-state index >= 15 is 0 Å². The van der Waals surface area contributed by atoms with Gasteiger partial charge in [0.15, 0.2) is 0 Å². The second kappa shape index (κ2) is 8.10. The van der Waals surface area contributed by atoms with Crippen LogP contribution in [0.3, 0.4) is 0 Å². The molecule has 0 bridgehead atoms. The first-order valence-electron chi connectivity index (χ1n) is 2.68. The predicted molar refractivity (Wildman–Crippen MR) is 30.2 cm³/mol. The maximum Gasteiger partial charge on any atom is 1.00 e. The fourth-order valence-corrected chi connectivity index (χ4v) is 0.591. The van der Waals surface area contributed by atoms with Crippen molar-refractivity contribution in [3.63, 3.8) is 0 Å². The summed E-state index contributed by atoms with van der Waals surface area (Å²) in [5.74, 6) is -1.47. The van der Waals surface area contributed by atoms with E-state index in [1.165, 1.54) is 24.3 Å². The standard InChI is InChI=1S/C7H6O3.2K/c8-6-3-1-5(2-4-6)7(9)10;;/h1-4,8H,(H,9,10);;/q;2*+1/p-2. The third-order valence-electron chi connectivity index (χ3n) is 1.09. The molecular formula is C7H4K2O3. The van der Waals surface area contributed by atoms with Crippen molar-refractivity contribution in [1.82, 2.24) is 0 Å². The SMILES string of the molecule is O=C([O-])c1ccc([O-])cc1.[K+].[K+]. The largest absolute Gasteiger partial charge is 1.00 e. The van der Waals surface area contributed by atoms with E-state index in [2.05, 4.69) is 0 Å². The van der Waals surface area contributed by atoms with E-state index in [0.29, 0.717) is 0 Å². The maximum atomic E-state index is 10.4. The molecule has 0 aromatic heterocycles. The van der Waals surface area contributed by atoms with Gasteiger partial charge in [0.2, 0.25) is 0 Å². The molecule has 0 aliphatic rings. The van der Waals surface area contributed by atoms with Crippen LogP contribution in [0, 0.1) is 0 Å². The van der Waals surface area contributed by atoms with Crippen LogP contribution in [0.5, 0.6) is 5.75 Å². The molecule has 0 radical (unpaired) electrons. The zero-order valence-electron chi connectivity index (χ0n) is 7.03. The molecular weight excluding hydrogens is 210 g/mol. The summed E-state index contributed by atoms with van der Waals surface area (Å²) in [5.41, 5.74) is 0.0274. The van der Waals surface area contributed by atoms with Crippen molar-refractivity contribution in [3.8, 4) is 5.75 Å². The minimum Gasteiger partial charge on any atom is -0.872 e. The second-order valence-electron chi connectivity index (χ2n) is 1.81. The number of hydrogen-bond donors (Lipinski definition) is 0. The van der Waals surface area contributed by atoms with Gasteiger partial charge in [0.05, 0.1) is 5.97 Å². The quantitative estimate of drug-likeness (QED) is 0.437. The molecule has 5 heteroatoms. The van der Waals surface area contributed by atoms with Crippen LogP contribution in [0.2, 0.25) is 0 Å². The summed E-state index contributed by atoms with van der Waals surface area (Å²) in [6.45, 7) is 0. The smallest absolute Gasteiger partial charge is 0.872 e. The molecule has 0 atom stereocenters. The number of carbonyl (C=O) groups is 1. The molecule has 1 aromatic carbocycles. The van der Waals surface area contributed by atoms with E-state index in [4.69, 9.17) is 0 Å². The van der Waals surface area contributed by atoms with Crippen LogP contribution in [0.4, 0.5) is 0 Å². The van der Waals surface area contributed by atoms with Gasteiger partial charge in [0.1, 0.15) is 0 Å². The van der Waals surface area contributed by atoms with E-state index in [9.17, 15) is 15.0 Å². The van der Waals surface area contributed by atoms with Gasteiger partial charge in [-0.15, -0.1) is 5.75 Å². The molecule has 0 N–H and O–H groups in total. The van der Waals surface area contributed by atoms with Gasteiger partial charge in [-0.05, 0) is 5.56 Å². The van der Waals surface area contributed by atoms with Gasteiger partial charge in [-0.3, -0.25) is 0 Å². The van der Waals surface area contributed by atoms with Crippen molar-refractivity contribution < 1.29 is 118 Å². The van der Waals surface area contributed by atoms with Crippen LogP contribution in [0.25, 0.3) is 0 Å². The molecule has 12 heavy (non-hydrogen) atoms. The van der Waals surface area contributed by atoms with Gasteiger partial charge in [-0.1, -0.05) is 24.3 Å². The minimum absolute atomic E-state index is 0. The van der Waals surface area contributed by atoms with Crippen LogP contribution in [-0.4, -0.2) is 5.97 Å². The molecule has 0 aliphatic heterocycles. The first-order valence-corrected chi connectivity index (χ1v) is 2.68. The molecule has 1 aromatic rings. The number of hydrogen-bond acceptors (Lipinski definition) is 3. The third kappa shape index (κ3) is 5.48. The normalized spacial score (nSPS) is 7.67. The van der Waals surface area contributed by atoms with Gasteiger partial charge in [0, 0.05) is 0 Å². The van der Waals surface area contributed by atoms with Crippen molar-refractivity contribution in [3.05, 3.63) is 29.8 Å². The summed E-state index contributed by atoms with van der Waals surface area (Å²) in [5, 5.41) is 20.5. The number of carboxylic acid groups (broad SMARTS) is 1. The molecule has 0 saturated heterocycles. The summed E-state index contributed by atoms with van der Waals surface area (Å²) < 4.78 is 0. The Hall–Kier alpha value is 1.76. The van der Waals surface area contributed by atoms with Gasteiger partial charge < -0.3 is 15.0 Å². The molecule has 52 valence electrons. The molecule has 3 nitrogen and oxygen atoms in total. The van der Waals surface area contributed by atoms with E-state index in [1.54, 1.807) is 0 Å². The van der Waals surface area contributed by atoms with Crippen molar-refractivity contribution in [1.29, 1.82) is 0 Å². The summed E-state index contributed by atoms with van der Waals surface area (Å²) in [4.78, 5) is 10.1. The summed E-state index contributed by atoms with van der Waals surface area (Å²) in [6, 6.07) is 4.81. The van der Waals surface area contributed by atoms with Gasteiger partial charge >= 0.3 is 103 Å². The topological polar surface area (TPSA) is 63.2 Å². The van der Waals surface area contributed by atoms with Crippen LogP contribution in [-0.2, 0) is 0 Å². The van der Waals surface area contributed by atoms with Crippen molar-refractivity contribution >= 4 is 5.97 Å². The molecule has 0 unspecified atom stereocenters. The number of carboxylic acids is 1. The van der Waals surface area contributed by atoms with Crippen LogP contribution in [0.15, 0.2) is 24.3 Å². The molecule has 0 amide bonds. The number of carbonyl (C=O) groups excluding carboxylic acids is 1. The Balaban J connectivity index is 0. The molecule has 0 fully saturated rings. The molecule has 0 saturated carbocycles. The van der Waals surface area contributed by atoms with Crippen LogP contribution >= 0.6 is 0 Å². The average Bonchev–Trinajstić information content (AvgIpc) is 1.88. The second-order valence-corrected chi connectivity index (χ2v) is 1.81. The third-order valence-corrected chi connectivity index (χ3v) is 1.09. The monoisotopic (exact) mass is 214 g/mol. The van der Waals surface area contributed by atoms with E-state index in [-0.39, 0.29) is 114 Å². The van der Waals surface area contributed by atoms with Gasteiger partial charge in [-0.25, -0.2) is 0 Å². The first-order chi connectivity index (χ1) is 4.70. The number of rotatable bonds is 1. The summed E-state index contributed by atoms with van der Waals surface area (Å²) in [7, 11) is 0. The number of benzene rings is 1. The van der Waals surface area contributed by atoms with Crippen LogP contribution in [0.1, 0.15) is 10.4 Å². The fraction of sp³-hybridized carbons (Fsp3) is 0. The number of aromatic carboxylic acids is 1. The predicted octanol–water partition coefficient (Wildman–Crippen LogP) is -6.87. The molecule has 0 heterocycles. The minimum atomic E-state index is -1.26. The van der Waals surface area contributed by atoms with E-state index in [1.807, 2.05) is 0 Å². The summed E-state index contributed by atoms with van der Waals surface area (Å²) >= 11 is 0. The Morgan fingerprint density at radius 3 is 1.83 bits per heavy atom. The van der Waals surface area contributed by atoms with Crippen molar-refractivity contribution in [2.45, 2.75) is 0 Å². The Kier molecular flexibility index (Phi) is 10.9. The Labute approximate surface area is 155 Å². The van der Waals surface area contributed by atoms with E-state index in [0.717, 1.165) is 0 Å². The summed E-state index contributed by atoms with van der Waals surface area (Å²) in [6.07, 6.45) is 0. The molecule has 1 rings (SSSR count). The van der Waals surface area contributed by atoms with Crippen molar-refractivity contribution in [2.24, 2.45) is 0 Å². The molecule has 0 aliphatic carbocycles. The van der Waals surface area contributed by atoms with Gasteiger partial charge in [-0.2, -0.15) is 0 Å². The zero-order chi connectivity index (χ0) is 7.56. The average molecular weight is 214 g/mol. The molecule has 0 spiro atoms. The van der Waals surface area contributed by atoms with Crippen molar-refractivity contribution in [2.75, 3.05) is 0 Å². The maximum absolute atomic E-state index is 10.4. The first kappa shape index (κ1) is 16.2. The Morgan fingerprint density at radius 2 is 1.50 bits per heavy atom. The Morgan fingerprint density at radius 1 is 1.08 bits per heavy atom. The van der Waals surface area contributed by atoms with E-state index < -0.39 is 5.97 Å². The van der Waals surface area contributed by atoms with Crippen LogP contribution < -0.4 is 113 Å². The Bertz CT molecular complexity index is 245. The zero-order valence-corrected chi connectivity index (χ0v) is 13.3. The van der Waals surface area contributed by atoms with Gasteiger partial charge in [0.25, 0.3) is 0 Å².